The lowest BCUT2D eigenvalue weighted by Crippen LogP contribution is -2.49. The third kappa shape index (κ3) is 5.53. The van der Waals surface area contributed by atoms with Crippen LogP contribution in [0.15, 0.2) is 24.3 Å². The topological polar surface area (TPSA) is 95.4 Å². The predicted octanol–water partition coefficient (Wildman–Crippen LogP) is 6.66. The van der Waals surface area contributed by atoms with Crippen LogP contribution in [0.2, 0.25) is 0 Å². The molecule has 0 amide bonds. The number of nitrogens with zero attached hydrogens (tertiary/aromatic N) is 4. The number of fused-ring (bicyclic) bond motifs is 2. The van der Waals surface area contributed by atoms with E-state index in [0.717, 1.165) is 45.1 Å². The summed E-state index contributed by atoms with van der Waals surface area (Å²) in [4.78, 5) is 16.6. The summed E-state index contributed by atoms with van der Waals surface area (Å²) in [6.45, 7) is 5.68. The molecule has 5 atom stereocenters. The van der Waals surface area contributed by atoms with E-state index in [-0.39, 0.29) is 64.1 Å². The second-order valence-corrected chi connectivity index (χ2v) is 14.3. The molecule has 0 bridgehead atoms. The maximum atomic E-state index is 17.1. The van der Waals surface area contributed by atoms with Crippen LogP contribution in [0.1, 0.15) is 70.1 Å². The van der Waals surface area contributed by atoms with Crippen LogP contribution in [0.3, 0.4) is 0 Å². The number of hydrogen-bond donors (Lipinski definition) is 3. The van der Waals surface area contributed by atoms with Crippen molar-refractivity contribution in [2.45, 2.75) is 95.1 Å². The smallest absolute Gasteiger partial charge is 0.319 e. The average Bonchev–Trinajstić information content (AvgIpc) is 3.78. The number of benzene rings is 2. The summed E-state index contributed by atoms with van der Waals surface area (Å²) < 4.78 is 53.1. The molecule has 1 saturated carbocycles. The Labute approximate surface area is 283 Å². The molecule has 2 aromatic heterocycles. The minimum atomic E-state index is -0.923. The number of rotatable bonds is 9. The summed E-state index contributed by atoms with van der Waals surface area (Å²) >= 11 is 0. The van der Waals surface area contributed by atoms with Gasteiger partial charge in [-0.25, -0.2) is 18.2 Å². The molecule has 3 fully saturated rings. The molecule has 256 valence electrons. The zero-order chi connectivity index (χ0) is 34.0. The third-order valence-electron chi connectivity index (χ3n) is 11.2. The molecule has 0 radical (unpaired) electrons. The van der Waals surface area contributed by atoms with Gasteiger partial charge in [0.15, 0.2) is 5.82 Å². The van der Waals surface area contributed by atoms with Crippen LogP contribution in [0, 0.1) is 29.9 Å². The molecule has 11 heteroatoms. The lowest BCUT2D eigenvalue weighted by atomic mass is 9.86. The summed E-state index contributed by atoms with van der Waals surface area (Å²) in [5.74, 6) is 1.45. The van der Waals surface area contributed by atoms with Crippen LogP contribution < -0.4 is 15.4 Å². The number of aromatic hydroxyl groups is 1. The van der Waals surface area contributed by atoms with Crippen molar-refractivity contribution in [3.05, 3.63) is 47.2 Å². The zero-order valence-corrected chi connectivity index (χ0v) is 27.8. The highest BCUT2D eigenvalue weighted by molar-refractivity contribution is 6.03. The first-order valence-corrected chi connectivity index (χ1v) is 17.6. The summed E-state index contributed by atoms with van der Waals surface area (Å²) in [5, 5.41) is 19.4. The van der Waals surface area contributed by atoms with Gasteiger partial charge in [-0.1, -0.05) is 32.3 Å². The maximum Gasteiger partial charge on any atom is 0.319 e. The van der Waals surface area contributed by atoms with Gasteiger partial charge >= 0.3 is 6.01 Å². The molecule has 4 aliphatic rings. The zero-order valence-electron chi connectivity index (χ0n) is 27.8. The number of terminal acetylenes is 1. The molecule has 0 unspecified atom stereocenters. The number of anilines is 1. The fraction of sp³-hybridized carbons (Fsp3) is 0.500. The van der Waals surface area contributed by atoms with Gasteiger partial charge in [-0.15, -0.1) is 6.42 Å². The van der Waals surface area contributed by atoms with Crippen molar-refractivity contribution in [3.63, 3.8) is 0 Å². The third-order valence-corrected chi connectivity index (χ3v) is 11.2. The van der Waals surface area contributed by atoms with E-state index in [1.165, 1.54) is 24.3 Å². The minimum Gasteiger partial charge on any atom is -0.508 e. The largest absolute Gasteiger partial charge is 0.508 e. The Kier molecular flexibility index (Phi) is 8.07. The first kappa shape index (κ1) is 32.1. The lowest BCUT2D eigenvalue weighted by molar-refractivity contribution is 0.107. The van der Waals surface area contributed by atoms with Crippen molar-refractivity contribution >= 4 is 27.5 Å². The minimum absolute atomic E-state index is 0.00597. The number of hydrogen-bond acceptors (Lipinski definition) is 8. The van der Waals surface area contributed by atoms with E-state index in [9.17, 15) is 9.50 Å². The first-order chi connectivity index (χ1) is 23.7. The second kappa shape index (κ2) is 12.3. The van der Waals surface area contributed by atoms with Gasteiger partial charge in [-0.05, 0) is 74.6 Å². The van der Waals surface area contributed by atoms with Gasteiger partial charge in [0.2, 0.25) is 0 Å². The molecule has 5 heterocycles. The molecule has 49 heavy (non-hydrogen) atoms. The average molecular weight is 671 g/mol. The van der Waals surface area contributed by atoms with Gasteiger partial charge in [0.25, 0.3) is 0 Å². The highest BCUT2D eigenvalue weighted by Crippen LogP contribution is 2.43. The normalized spacial score (nSPS) is 25.6. The molecular formula is C38H41F3N6O2. The fourth-order valence-corrected chi connectivity index (χ4v) is 8.63. The van der Waals surface area contributed by atoms with Crippen LogP contribution in [-0.4, -0.2) is 74.5 Å². The van der Waals surface area contributed by atoms with E-state index in [0.29, 0.717) is 47.7 Å². The number of phenols is 1. The van der Waals surface area contributed by atoms with Crippen LogP contribution >= 0.6 is 0 Å². The van der Waals surface area contributed by atoms with Crippen molar-refractivity contribution < 1.29 is 23.0 Å². The second-order valence-electron chi connectivity index (χ2n) is 14.3. The SMILES string of the molecule is C#Cc1c(F)ccc2cc(O)cc(-c3nc4c5c(nc(OC[C@@]67CCCN6C[C@H](F)C7)nc5c3F)N[C@H]([C@H](CC)NC3CC3)[C@@H](CC)C4)c12. The van der Waals surface area contributed by atoms with E-state index in [2.05, 4.69) is 40.3 Å². The van der Waals surface area contributed by atoms with Crippen molar-refractivity contribution in [2.24, 2.45) is 5.92 Å². The van der Waals surface area contributed by atoms with Crippen molar-refractivity contribution in [3.8, 4) is 35.4 Å². The van der Waals surface area contributed by atoms with E-state index >= 15 is 8.78 Å². The summed E-state index contributed by atoms with van der Waals surface area (Å²) in [7, 11) is 0. The van der Waals surface area contributed by atoms with Gasteiger partial charge in [-0.2, -0.15) is 9.97 Å². The molecule has 2 aromatic carbocycles. The lowest BCUT2D eigenvalue weighted by Gasteiger charge is -2.33. The number of halogens is 3. The molecule has 8 rings (SSSR count). The molecule has 2 saturated heterocycles. The van der Waals surface area contributed by atoms with E-state index in [1.54, 1.807) is 0 Å². The molecular weight excluding hydrogens is 629 g/mol. The van der Waals surface area contributed by atoms with E-state index in [1.807, 2.05) is 0 Å². The summed E-state index contributed by atoms with van der Waals surface area (Å²) in [6, 6.07) is 6.14. The number of alkyl halides is 1. The first-order valence-electron chi connectivity index (χ1n) is 17.6. The van der Waals surface area contributed by atoms with Crippen molar-refractivity contribution in [1.29, 1.82) is 0 Å². The van der Waals surface area contributed by atoms with Crippen LogP contribution in [0.5, 0.6) is 11.8 Å². The van der Waals surface area contributed by atoms with Gasteiger partial charge in [0.1, 0.15) is 41.4 Å². The highest BCUT2D eigenvalue weighted by atomic mass is 19.1. The van der Waals surface area contributed by atoms with Gasteiger partial charge in [0.05, 0.1) is 22.2 Å². The quantitative estimate of drug-likeness (QED) is 0.170. The van der Waals surface area contributed by atoms with Crippen molar-refractivity contribution in [1.82, 2.24) is 25.2 Å². The Balaban J connectivity index is 1.31. The maximum absolute atomic E-state index is 17.1. The molecule has 1 aliphatic carbocycles. The Morgan fingerprint density at radius 1 is 1.18 bits per heavy atom. The highest BCUT2D eigenvalue weighted by Gasteiger charge is 2.49. The molecule has 0 spiro atoms. The number of aromatic nitrogens is 3. The standard InChI is InChI=1S/C38H41F3N6O2/c1-4-20-15-29-31-35(32(41)34(43-29)26-16-24(48)14-21-8-11-27(40)25(5-2)30(21)26)45-37(49-19-38-12-7-13-47(38)18-22(39)17-38)46-36(31)44-33(20)28(6-3)42-23-9-10-23/h2,8,11,14,16,20,22-23,28,33,42,48H,4,6-7,9-10,12-13,15,17-19H2,1,3H3,(H,44,45,46)/t20-,22+,28-,33-,38-/m0/s1. The number of ether oxygens (including phenoxy) is 1. The van der Waals surface area contributed by atoms with Crippen LogP contribution in [0.25, 0.3) is 32.9 Å². The molecule has 8 nitrogen and oxygen atoms in total. The number of pyridine rings is 1. The van der Waals surface area contributed by atoms with E-state index in [4.69, 9.17) is 21.1 Å². The summed E-state index contributed by atoms with van der Waals surface area (Å²) in [6.07, 6.45) is 11.5. The molecule has 3 N–H and O–H groups in total. The van der Waals surface area contributed by atoms with Crippen molar-refractivity contribution in [2.75, 3.05) is 25.0 Å². The van der Waals surface area contributed by atoms with Gasteiger partial charge in [0, 0.05) is 42.0 Å². The van der Waals surface area contributed by atoms with E-state index < -0.39 is 23.3 Å². The van der Waals surface area contributed by atoms with Crippen LogP contribution in [0.4, 0.5) is 19.0 Å². The van der Waals surface area contributed by atoms with Gasteiger partial charge < -0.3 is 20.5 Å². The fourth-order valence-electron chi connectivity index (χ4n) is 8.63. The van der Waals surface area contributed by atoms with Crippen LogP contribution in [-0.2, 0) is 6.42 Å². The number of nitrogens with one attached hydrogen (secondary N) is 2. The molecule has 3 aliphatic heterocycles. The predicted molar refractivity (Wildman–Crippen MR) is 183 cm³/mol. The summed E-state index contributed by atoms with van der Waals surface area (Å²) in [5.41, 5.74) is 0.207. The number of phenolic OH excluding ortho intramolecular Hbond substituents is 1. The molecule has 4 aromatic rings. The Hall–Kier alpha value is -4.14. The Morgan fingerprint density at radius 3 is 2.78 bits per heavy atom. The monoisotopic (exact) mass is 670 g/mol. The Morgan fingerprint density at radius 2 is 2.02 bits per heavy atom. The Bertz CT molecular complexity index is 2000. The van der Waals surface area contributed by atoms with Gasteiger partial charge in [-0.3, -0.25) is 4.90 Å².